The monoisotopic (exact) mass is 375 g/mol. The Morgan fingerprint density at radius 2 is 2.04 bits per heavy atom. The molecular weight excluding hydrogens is 353 g/mol. The molecule has 2 aliphatic rings. The third-order valence-corrected chi connectivity index (χ3v) is 5.54. The van der Waals surface area contributed by atoms with Crippen molar-refractivity contribution in [1.82, 2.24) is 4.57 Å². The van der Waals surface area contributed by atoms with Crippen LogP contribution < -0.4 is 20.8 Å². The average Bonchev–Trinajstić information content (AvgIpc) is 2.78. The Balaban J connectivity index is 2.03. The number of nitrogens with zero attached hydrogens (tertiary/aromatic N) is 2. The zero-order valence-electron chi connectivity index (χ0n) is 15.1. The van der Waals surface area contributed by atoms with Crippen LogP contribution in [-0.4, -0.2) is 41.4 Å². The lowest BCUT2D eigenvalue weighted by Crippen LogP contribution is -2.40. The van der Waals surface area contributed by atoms with Gasteiger partial charge in [-0.1, -0.05) is 0 Å². The van der Waals surface area contributed by atoms with Crippen molar-refractivity contribution in [1.29, 1.82) is 0 Å². The van der Waals surface area contributed by atoms with E-state index in [4.69, 9.17) is 10.5 Å². The molecule has 0 radical (unpaired) electrons. The molecule has 0 bridgehead atoms. The predicted molar refractivity (Wildman–Crippen MR) is 99.4 cm³/mol. The lowest BCUT2D eigenvalue weighted by Gasteiger charge is -2.33. The summed E-state index contributed by atoms with van der Waals surface area (Å²) in [6.45, 7) is 3.50. The highest BCUT2D eigenvalue weighted by atomic mass is 19.1. The number of rotatable bonds is 2. The van der Waals surface area contributed by atoms with Gasteiger partial charge in [0.25, 0.3) is 0 Å². The first-order chi connectivity index (χ1) is 12.9. The Kier molecular flexibility index (Phi) is 4.30. The molecule has 0 saturated carbocycles. The van der Waals surface area contributed by atoms with Gasteiger partial charge in [0.15, 0.2) is 11.6 Å². The SMILES string of the molecule is CC1CCOc2c(N3CCC(N)CC3)c(F)cc3c(=O)c(C(=O)O)cn1c23. The smallest absolute Gasteiger partial charge is 0.341 e. The molecule has 2 aromatic rings. The molecule has 4 rings (SSSR count). The minimum atomic E-state index is -1.32. The van der Waals surface area contributed by atoms with E-state index in [1.54, 1.807) is 4.57 Å². The largest absolute Gasteiger partial charge is 0.489 e. The van der Waals surface area contributed by atoms with E-state index in [1.165, 1.54) is 6.20 Å². The molecule has 144 valence electrons. The summed E-state index contributed by atoms with van der Waals surface area (Å²) in [5.41, 5.74) is 5.70. The van der Waals surface area contributed by atoms with Gasteiger partial charge in [0.05, 0.1) is 17.5 Å². The molecule has 1 atom stereocenters. The number of hydrogen-bond donors (Lipinski definition) is 2. The van der Waals surface area contributed by atoms with Crippen LogP contribution in [0.3, 0.4) is 0 Å². The van der Waals surface area contributed by atoms with Gasteiger partial charge < -0.3 is 25.0 Å². The van der Waals surface area contributed by atoms with Crippen LogP contribution in [0.1, 0.15) is 42.6 Å². The van der Waals surface area contributed by atoms with E-state index in [-0.39, 0.29) is 23.0 Å². The Morgan fingerprint density at radius 3 is 2.70 bits per heavy atom. The summed E-state index contributed by atoms with van der Waals surface area (Å²) in [6.07, 6.45) is 3.47. The normalized spacial score (nSPS) is 20.4. The third kappa shape index (κ3) is 2.84. The van der Waals surface area contributed by atoms with Gasteiger partial charge in [-0.05, 0) is 25.8 Å². The number of carboxylic acid groups (broad SMARTS) is 1. The number of benzene rings is 1. The van der Waals surface area contributed by atoms with Crippen LogP contribution >= 0.6 is 0 Å². The molecule has 0 aliphatic carbocycles. The second kappa shape index (κ2) is 6.53. The maximum absolute atomic E-state index is 15.1. The van der Waals surface area contributed by atoms with Gasteiger partial charge in [-0.3, -0.25) is 4.79 Å². The highest BCUT2D eigenvalue weighted by molar-refractivity contribution is 5.97. The molecule has 3 N–H and O–H groups in total. The van der Waals surface area contributed by atoms with E-state index < -0.39 is 17.2 Å². The molecule has 1 unspecified atom stereocenters. The molecular formula is C19H22FN3O4. The lowest BCUT2D eigenvalue weighted by atomic mass is 10.0. The van der Waals surface area contributed by atoms with Crippen LogP contribution in [0.5, 0.6) is 5.75 Å². The maximum atomic E-state index is 15.1. The van der Waals surface area contributed by atoms with Crippen molar-refractivity contribution < 1.29 is 19.0 Å². The number of carbonyl (C=O) groups is 1. The summed E-state index contributed by atoms with van der Waals surface area (Å²) in [5.74, 6) is -1.58. The van der Waals surface area contributed by atoms with E-state index in [1.807, 2.05) is 11.8 Å². The van der Waals surface area contributed by atoms with Gasteiger partial charge in [0.1, 0.15) is 11.3 Å². The maximum Gasteiger partial charge on any atom is 0.341 e. The van der Waals surface area contributed by atoms with Gasteiger partial charge >= 0.3 is 5.97 Å². The molecule has 1 fully saturated rings. The number of nitrogens with two attached hydrogens (primary N) is 1. The summed E-state index contributed by atoms with van der Waals surface area (Å²) in [7, 11) is 0. The standard InChI is InChI=1S/C19H22FN3O4/c1-10-4-7-27-18-15-12(17(24)13(19(25)26)9-23(10)15)8-14(20)16(18)22-5-2-11(21)3-6-22/h8-11H,2-7,21H2,1H3,(H,25,26). The van der Waals surface area contributed by atoms with Crippen molar-refractivity contribution in [3.63, 3.8) is 0 Å². The number of piperidine rings is 1. The first-order valence-corrected chi connectivity index (χ1v) is 9.16. The highest BCUT2D eigenvalue weighted by Crippen LogP contribution is 2.41. The van der Waals surface area contributed by atoms with Crippen molar-refractivity contribution in [2.24, 2.45) is 5.73 Å². The number of anilines is 1. The number of pyridine rings is 1. The van der Waals surface area contributed by atoms with Crippen LogP contribution in [0.25, 0.3) is 10.9 Å². The van der Waals surface area contributed by atoms with Crippen LogP contribution in [0, 0.1) is 5.82 Å². The second-order valence-corrected chi connectivity index (χ2v) is 7.33. The Labute approximate surface area is 155 Å². The minimum absolute atomic E-state index is 0.0358. The zero-order valence-corrected chi connectivity index (χ0v) is 15.1. The van der Waals surface area contributed by atoms with Gasteiger partial charge in [-0.2, -0.15) is 0 Å². The zero-order chi connectivity index (χ0) is 19.3. The number of carboxylic acids is 1. The number of halogens is 1. The van der Waals surface area contributed by atoms with Gasteiger partial charge in [-0.15, -0.1) is 0 Å². The topological polar surface area (TPSA) is 97.8 Å². The molecule has 8 heteroatoms. The molecule has 1 saturated heterocycles. The first kappa shape index (κ1) is 17.8. The lowest BCUT2D eigenvalue weighted by molar-refractivity contribution is 0.0694. The summed E-state index contributed by atoms with van der Waals surface area (Å²) in [6, 6.07) is 1.16. The number of aromatic nitrogens is 1. The van der Waals surface area contributed by atoms with Gasteiger partial charge in [0, 0.05) is 37.8 Å². The quantitative estimate of drug-likeness (QED) is 0.834. The fraction of sp³-hybridized carbons (Fsp3) is 0.474. The van der Waals surface area contributed by atoms with Crippen LogP contribution in [0.15, 0.2) is 17.1 Å². The van der Waals surface area contributed by atoms with Crippen molar-refractivity contribution in [2.45, 2.75) is 38.3 Å². The van der Waals surface area contributed by atoms with Crippen molar-refractivity contribution >= 4 is 22.6 Å². The molecule has 0 spiro atoms. The summed E-state index contributed by atoms with van der Waals surface area (Å²) in [4.78, 5) is 26.1. The molecule has 1 aromatic carbocycles. The highest BCUT2D eigenvalue weighted by Gasteiger charge is 2.30. The van der Waals surface area contributed by atoms with Crippen molar-refractivity contribution in [3.05, 3.63) is 33.9 Å². The molecule has 1 aromatic heterocycles. The van der Waals surface area contributed by atoms with Crippen LogP contribution in [0.2, 0.25) is 0 Å². The summed E-state index contributed by atoms with van der Waals surface area (Å²) in [5, 5.41) is 9.42. The minimum Gasteiger partial charge on any atom is -0.489 e. The fourth-order valence-corrected chi connectivity index (χ4v) is 3.97. The van der Waals surface area contributed by atoms with Crippen LogP contribution in [-0.2, 0) is 0 Å². The molecule has 3 heterocycles. The van der Waals surface area contributed by atoms with Crippen molar-refractivity contribution in [2.75, 3.05) is 24.6 Å². The van der Waals surface area contributed by atoms with E-state index >= 15 is 4.39 Å². The van der Waals surface area contributed by atoms with E-state index in [2.05, 4.69) is 0 Å². The van der Waals surface area contributed by atoms with Gasteiger partial charge in [0.2, 0.25) is 5.43 Å². The Bertz CT molecular complexity index is 979. The Hall–Kier alpha value is -2.61. The Morgan fingerprint density at radius 1 is 1.33 bits per heavy atom. The van der Waals surface area contributed by atoms with Crippen molar-refractivity contribution in [3.8, 4) is 5.75 Å². The second-order valence-electron chi connectivity index (χ2n) is 7.33. The average molecular weight is 375 g/mol. The van der Waals surface area contributed by atoms with E-state index in [0.717, 1.165) is 18.9 Å². The number of hydrogen-bond acceptors (Lipinski definition) is 5. The number of ether oxygens (including phenoxy) is 1. The third-order valence-electron chi connectivity index (χ3n) is 5.54. The van der Waals surface area contributed by atoms with E-state index in [0.29, 0.717) is 43.1 Å². The van der Waals surface area contributed by atoms with E-state index in [9.17, 15) is 14.7 Å². The van der Waals surface area contributed by atoms with Crippen LogP contribution in [0.4, 0.5) is 10.1 Å². The molecule has 0 amide bonds. The molecule has 2 aliphatic heterocycles. The summed E-state index contributed by atoms with van der Waals surface area (Å²) >= 11 is 0. The molecule has 27 heavy (non-hydrogen) atoms. The van der Waals surface area contributed by atoms with Gasteiger partial charge in [-0.25, -0.2) is 9.18 Å². The number of aromatic carboxylic acids is 1. The first-order valence-electron chi connectivity index (χ1n) is 9.16. The predicted octanol–water partition coefficient (Wildman–Crippen LogP) is 2.11. The molecule has 7 nitrogen and oxygen atoms in total. The fourth-order valence-electron chi connectivity index (χ4n) is 3.97. The summed E-state index contributed by atoms with van der Waals surface area (Å²) < 4.78 is 22.8.